The summed E-state index contributed by atoms with van der Waals surface area (Å²) in [6, 6.07) is 0. The standard InChI is InChI=1S/C26H38N4O2/c1-18-22-11-12-23(31)30(16-20-9-3-2-4-10-20)26(22)28-25(27-18)21-13-14-29(17-21)24(32)15-19-7-5-6-8-19/h19-21H,2-17H2,1H3/t21-/m0/s1. The van der Waals surface area contributed by atoms with Crippen molar-refractivity contribution in [2.24, 2.45) is 11.8 Å². The smallest absolute Gasteiger partial charge is 0.228 e. The van der Waals surface area contributed by atoms with Gasteiger partial charge in [0, 0.05) is 49.7 Å². The summed E-state index contributed by atoms with van der Waals surface area (Å²) in [5.41, 5.74) is 2.16. The second kappa shape index (κ2) is 9.48. The number of carbonyl (C=O) groups is 2. The first kappa shape index (κ1) is 21.8. The van der Waals surface area contributed by atoms with Gasteiger partial charge in [-0.3, -0.25) is 14.5 Å². The molecule has 174 valence electrons. The molecule has 1 aromatic rings. The Morgan fingerprint density at radius 1 is 0.938 bits per heavy atom. The van der Waals surface area contributed by atoms with Crippen molar-refractivity contribution in [1.29, 1.82) is 0 Å². The van der Waals surface area contributed by atoms with Gasteiger partial charge in [-0.05, 0) is 57.3 Å². The number of aryl methyl sites for hydroxylation is 1. The highest BCUT2D eigenvalue weighted by molar-refractivity contribution is 5.95. The molecule has 4 aliphatic rings. The third-order valence-electron chi connectivity index (χ3n) is 8.36. The number of likely N-dealkylation sites (tertiary alicyclic amines) is 1. The van der Waals surface area contributed by atoms with E-state index in [2.05, 4.69) is 6.92 Å². The lowest BCUT2D eigenvalue weighted by molar-refractivity contribution is -0.131. The normalized spacial score (nSPS) is 24.9. The lowest BCUT2D eigenvalue weighted by atomic mass is 9.88. The van der Waals surface area contributed by atoms with E-state index in [4.69, 9.17) is 9.97 Å². The molecule has 2 aliphatic carbocycles. The van der Waals surface area contributed by atoms with E-state index < -0.39 is 0 Å². The molecule has 0 aromatic carbocycles. The summed E-state index contributed by atoms with van der Waals surface area (Å²) in [4.78, 5) is 39.6. The molecule has 3 heterocycles. The van der Waals surface area contributed by atoms with Crippen molar-refractivity contribution >= 4 is 17.6 Å². The molecule has 0 radical (unpaired) electrons. The van der Waals surface area contributed by atoms with E-state index in [9.17, 15) is 9.59 Å². The quantitative estimate of drug-likeness (QED) is 0.677. The maximum absolute atomic E-state index is 12.9. The van der Waals surface area contributed by atoms with Crippen LogP contribution in [0.4, 0.5) is 5.82 Å². The highest BCUT2D eigenvalue weighted by Crippen LogP contribution is 2.35. The van der Waals surface area contributed by atoms with Crippen LogP contribution in [0.2, 0.25) is 0 Å². The fourth-order valence-corrected chi connectivity index (χ4v) is 6.39. The third kappa shape index (κ3) is 4.55. The van der Waals surface area contributed by atoms with Crippen LogP contribution in [0.15, 0.2) is 0 Å². The summed E-state index contributed by atoms with van der Waals surface area (Å²) in [6.07, 6.45) is 14.2. The summed E-state index contributed by atoms with van der Waals surface area (Å²) in [5, 5.41) is 0. The van der Waals surface area contributed by atoms with Crippen molar-refractivity contribution in [2.45, 2.75) is 96.3 Å². The molecular formula is C26H38N4O2. The largest absolute Gasteiger partial charge is 0.342 e. The number of hydrogen-bond acceptors (Lipinski definition) is 4. The zero-order valence-electron chi connectivity index (χ0n) is 19.7. The minimum Gasteiger partial charge on any atom is -0.342 e. The molecule has 1 atom stereocenters. The Morgan fingerprint density at radius 2 is 1.66 bits per heavy atom. The van der Waals surface area contributed by atoms with E-state index >= 15 is 0 Å². The molecule has 3 fully saturated rings. The first-order valence-electron chi connectivity index (χ1n) is 13.0. The van der Waals surface area contributed by atoms with Gasteiger partial charge in [0.25, 0.3) is 0 Å². The molecule has 0 bridgehead atoms. The van der Waals surface area contributed by atoms with Crippen molar-refractivity contribution in [2.75, 3.05) is 24.5 Å². The van der Waals surface area contributed by atoms with Crippen LogP contribution < -0.4 is 4.90 Å². The second-order valence-electron chi connectivity index (χ2n) is 10.7. The molecule has 2 aliphatic heterocycles. The molecular weight excluding hydrogens is 400 g/mol. The molecule has 0 spiro atoms. The van der Waals surface area contributed by atoms with Gasteiger partial charge in [-0.1, -0.05) is 32.1 Å². The van der Waals surface area contributed by atoms with E-state index in [1.54, 1.807) is 0 Å². The van der Waals surface area contributed by atoms with Gasteiger partial charge in [-0.15, -0.1) is 0 Å². The number of hydrogen-bond donors (Lipinski definition) is 0. The summed E-state index contributed by atoms with van der Waals surface area (Å²) < 4.78 is 0. The highest BCUT2D eigenvalue weighted by atomic mass is 16.2. The SMILES string of the molecule is Cc1nc([C@H]2CCN(C(=O)CC3CCCC3)C2)nc2c1CCC(=O)N2CC1CCCCC1. The van der Waals surface area contributed by atoms with Gasteiger partial charge in [0.15, 0.2) is 0 Å². The number of fused-ring (bicyclic) bond motifs is 1. The molecule has 2 saturated carbocycles. The molecule has 32 heavy (non-hydrogen) atoms. The van der Waals surface area contributed by atoms with Crippen LogP contribution in [-0.4, -0.2) is 46.3 Å². The van der Waals surface area contributed by atoms with Gasteiger partial charge in [-0.25, -0.2) is 9.97 Å². The van der Waals surface area contributed by atoms with E-state index in [1.165, 1.54) is 57.8 Å². The van der Waals surface area contributed by atoms with Crippen LogP contribution in [0.5, 0.6) is 0 Å². The molecule has 6 heteroatoms. The maximum atomic E-state index is 12.9. The second-order valence-corrected chi connectivity index (χ2v) is 10.7. The molecule has 1 aromatic heterocycles. The Morgan fingerprint density at radius 3 is 2.44 bits per heavy atom. The van der Waals surface area contributed by atoms with Gasteiger partial charge in [0.1, 0.15) is 11.6 Å². The predicted molar refractivity (Wildman–Crippen MR) is 125 cm³/mol. The summed E-state index contributed by atoms with van der Waals surface area (Å²) in [7, 11) is 0. The van der Waals surface area contributed by atoms with Crippen molar-refractivity contribution < 1.29 is 9.59 Å². The zero-order valence-corrected chi connectivity index (χ0v) is 19.7. The number of rotatable bonds is 5. The van der Waals surface area contributed by atoms with Crippen molar-refractivity contribution in [3.05, 3.63) is 17.1 Å². The van der Waals surface area contributed by atoms with Crippen LogP contribution in [-0.2, 0) is 16.0 Å². The highest BCUT2D eigenvalue weighted by Gasteiger charge is 2.34. The van der Waals surface area contributed by atoms with Crippen LogP contribution in [0.3, 0.4) is 0 Å². The van der Waals surface area contributed by atoms with Gasteiger partial charge < -0.3 is 4.90 Å². The van der Waals surface area contributed by atoms with Gasteiger partial charge in [0.05, 0.1) is 0 Å². The van der Waals surface area contributed by atoms with Crippen LogP contribution in [0.1, 0.15) is 100 Å². The van der Waals surface area contributed by atoms with E-state index in [0.717, 1.165) is 55.4 Å². The fourth-order valence-electron chi connectivity index (χ4n) is 6.39. The molecule has 0 unspecified atom stereocenters. The zero-order chi connectivity index (χ0) is 22.1. The Labute approximate surface area is 192 Å². The summed E-state index contributed by atoms with van der Waals surface area (Å²) in [5.74, 6) is 3.58. The maximum Gasteiger partial charge on any atom is 0.228 e. The summed E-state index contributed by atoms with van der Waals surface area (Å²) in [6.45, 7) is 4.40. The van der Waals surface area contributed by atoms with Gasteiger partial charge in [-0.2, -0.15) is 0 Å². The number of nitrogens with zero attached hydrogens (tertiary/aromatic N) is 4. The molecule has 0 N–H and O–H groups in total. The first-order valence-corrected chi connectivity index (χ1v) is 13.0. The van der Waals surface area contributed by atoms with E-state index in [-0.39, 0.29) is 11.8 Å². The number of carbonyl (C=O) groups excluding carboxylic acids is 2. The Balaban J connectivity index is 1.31. The van der Waals surface area contributed by atoms with Gasteiger partial charge >= 0.3 is 0 Å². The number of aromatic nitrogens is 2. The average Bonchev–Trinajstić information content (AvgIpc) is 3.49. The molecule has 1 saturated heterocycles. The molecule has 6 nitrogen and oxygen atoms in total. The molecule has 2 amide bonds. The number of amides is 2. The first-order chi connectivity index (χ1) is 15.6. The van der Waals surface area contributed by atoms with Crippen molar-refractivity contribution in [3.8, 4) is 0 Å². The van der Waals surface area contributed by atoms with E-state index in [0.29, 0.717) is 30.6 Å². The van der Waals surface area contributed by atoms with Crippen molar-refractivity contribution in [1.82, 2.24) is 14.9 Å². The summed E-state index contributed by atoms with van der Waals surface area (Å²) >= 11 is 0. The fraction of sp³-hybridized carbons (Fsp3) is 0.769. The lowest BCUT2D eigenvalue weighted by Crippen LogP contribution is -2.40. The monoisotopic (exact) mass is 438 g/mol. The molecule has 5 rings (SSSR count). The third-order valence-corrected chi connectivity index (χ3v) is 8.36. The van der Waals surface area contributed by atoms with Crippen LogP contribution in [0, 0.1) is 18.8 Å². The minimum atomic E-state index is 0.181. The predicted octanol–water partition coefficient (Wildman–Crippen LogP) is 4.54. The Kier molecular flexibility index (Phi) is 6.47. The van der Waals surface area contributed by atoms with Crippen LogP contribution in [0.25, 0.3) is 0 Å². The van der Waals surface area contributed by atoms with Crippen LogP contribution >= 0.6 is 0 Å². The average molecular weight is 439 g/mol. The minimum absolute atomic E-state index is 0.181. The topological polar surface area (TPSA) is 66.4 Å². The number of anilines is 1. The van der Waals surface area contributed by atoms with Crippen molar-refractivity contribution in [3.63, 3.8) is 0 Å². The Bertz CT molecular complexity index is 858. The van der Waals surface area contributed by atoms with Gasteiger partial charge in [0.2, 0.25) is 11.8 Å². The Hall–Kier alpha value is -1.98. The van der Waals surface area contributed by atoms with E-state index in [1.807, 2.05) is 9.80 Å². The lowest BCUT2D eigenvalue weighted by Gasteiger charge is -2.33.